The van der Waals surface area contributed by atoms with Gasteiger partial charge in [0.05, 0.1) is 5.92 Å². The Hall–Kier alpha value is -2.06. The minimum Gasteiger partial charge on any atom is -0.444 e. The van der Waals surface area contributed by atoms with Crippen molar-refractivity contribution < 1.29 is 9.53 Å². The van der Waals surface area contributed by atoms with E-state index in [9.17, 15) is 10.1 Å². The van der Waals surface area contributed by atoms with Gasteiger partial charge in [-0.05, 0) is 24.5 Å². The van der Waals surface area contributed by atoms with Crippen molar-refractivity contribution in [2.75, 3.05) is 0 Å². The van der Waals surface area contributed by atoms with E-state index >= 15 is 0 Å². The fourth-order valence-corrected chi connectivity index (χ4v) is 4.18. The van der Waals surface area contributed by atoms with Crippen molar-refractivity contribution in [3.63, 3.8) is 0 Å². The van der Waals surface area contributed by atoms with Gasteiger partial charge in [-0.15, -0.1) is 11.3 Å². The van der Waals surface area contributed by atoms with Crippen LogP contribution in [0.2, 0.25) is 0 Å². The van der Waals surface area contributed by atoms with Crippen molar-refractivity contribution in [1.82, 2.24) is 0 Å². The first-order chi connectivity index (χ1) is 10.3. The van der Waals surface area contributed by atoms with Gasteiger partial charge in [-0.1, -0.05) is 13.8 Å². The molecule has 1 atom stereocenters. The molecule has 1 aromatic rings. The Morgan fingerprint density at radius 2 is 2.14 bits per heavy atom. The summed E-state index contributed by atoms with van der Waals surface area (Å²) in [6, 6.07) is 6.10. The molecule has 4 nitrogen and oxygen atoms in total. The molecule has 0 unspecified atom stereocenters. The fourth-order valence-electron chi connectivity index (χ4n) is 3.18. The highest BCUT2D eigenvalue weighted by Crippen LogP contribution is 2.48. The van der Waals surface area contributed by atoms with Gasteiger partial charge in [0.15, 0.2) is 5.78 Å². The summed E-state index contributed by atoms with van der Waals surface area (Å²) < 4.78 is 5.66. The van der Waals surface area contributed by atoms with Gasteiger partial charge in [0.25, 0.3) is 0 Å². The fraction of sp³-hybridized carbons (Fsp3) is 0.412. The van der Waals surface area contributed by atoms with Gasteiger partial charge < -0.3 is 10.5 Å². The third kappa shape index (κ3) is 2.34. The number of ketones is 1. The Labute approximate surface area is 133 Å². The maximum atomic E-state index is 12.7. The first-order valence-corrected chi connectivity index (χ1v) is 8.04. The van der Waals surface area contributed by atoms with E-state index in [0.717, 1.165) is 9.75 Å². The quantitative estimate of drug-likeness (QED) is 0.860. The highest BCUT2D eigenvalue weighted by molar-refractivity contribution is 7.12. The summed E-state index contributed by atoms with van der Waals surface area (Å²) in [6.07, 6.45) is 1.13. The summed E-state index contributed by atoms with van der Waals surface area (Å²) in [6.45, 7) is 6.10. The number of hydrogen-bond donors (Lipinski definition) is 1. The second-order valence-electron chi connectivity index (χ2n) is 6.65. The normalized spacial score (nSPS) is 23.9. The predicted molar refractivity (Wildman–Crippen MR) is 84.8 cm³/mol. The molecule has 22 heavy (non-hydrogen) atoms. The largest absolute Gasteiger partial charge is 0.444 e. The SMILES string of the molecule is Cc1ccc([C@@H]2C(C#N)=C(N)OC3=C2C(=O)CC(C)(C)C3)s1. The van der Waals surface area contributed by atoms with E-state index < -0.39 is 0 Å². The van der Waals surface area contributed by atoms with E-state index in [0.29, 0.717) is 29.7 Å². The molecule has 3 rings (SSSR count). The van der Waals surface area contributed by atoms with Crippen molar-refractivity contribution >= 4 is 17.1 Å². The first-order valence-electron chi connectivity index (χ1n) is 7.22. The molecule has 1 aromatic heterocycles. The molecular weight excluding hydrogens is 296 g/mol. The van der Waals surface area contributed by atoms with Crippen LogP contribution in [0.1, 0.15) is 42.4 Å². The van der Waals surface area contributed by atoms with Crippen LogP contribution in [-0.2, 0) is 9.53 Å². The van der Waals surface area contributed by atoms with Crippen LogP contribution in [0, 0.1) is 23.7 Å². The topological polar surface area (TPSA) is 76.1 Å². The number of hydrogen-bond acceptors (Lipinski definition) is 5. The summed E-state index contributed by atoms with van der Waals surface area (Å²) in [4.78, 5) is 14.8. The molecule has 0 saturated carbocycles. The van der Waals surface area contributed by atoms with E-state index in [1.54, 1.807) is 11.3 Å². The Morgan fingerprint density at radius 1 is 1.41 bits per heavy atom. The zero-order valence-electron chi connectivity index (χ0n) is 12.9. The van der Waals surface area contributed by atoms with Gasteiger partial charge in [0, 0.05) is 28.2 Å². The standard InChI is InChI=1S/C17H18N2O2S/c1-9-4-5-13(22-9)14-10(8-18)16(19)21-12-7-17(2,3)6-11(20)15(12)14/h4-5,14H,6-7,19H2,1-3H3/t14-/m0/s1. The highest BCUT2D eigenvalue weighted by Gasteiger charge is 2.43. The summed E-state index contributed by atoms with van der Waals surface area (Å²) in [5.41, 5.74) is 6.78. The Kier molecular flexibility index (Phi) is 3.37. The van der Waals surface area contributed by atoms with Gasteiger partial charge in [-0.2, -0.15) is 5.26 Å². The van der Waals surface area contributed by atoms with Gasteiger partial charge in [-0.3, -0.25) is 4.79 Å². The third-order valence-electron chi connectivity index (χ3n) is 4.12. The van der Waals surface area contributed by atoms with Crippen LogP contribution in [0.25, 0.3) is 0 Å². The van der Waals surface area contributed by atoms with Gasteiger partial charge in [0.1, 0.15) is 17.4 Å². The molecule has 2 N–H and O–H groups in total. The lowest BCUT2D eigenvalue weighted by Gasteiger charge is -2.36. The monoisotopic (exact) mass is 314 g/mol. The van der Waals surface area contributed by atoms with E-state index in [4.69, 9.17) is 10.5 Å². The average molecular weight is 314 g/mol. The summed E-state index contributed by atoms with van der Waals surface area (Å²) >= 11 is 1.59. The van der Waals surface area contributed by atoms with Crippen molar-refractivity contribution in [3.8, 4) is 6.07 Å². The number of allylic oxidation sites excluding steroid dienone is 3. The Bertz CT molecular complexity index is 762. The zero-order chi connectivity index (χ0) is 16.1. The van der Waals surface area contributed by atoms with E-state index in [1.165, 1.54) is 0 Å². The molecule has 0 saturated heterocycles. The minimum atomic E-state index is -0.379. The predicted octanol–water partition coefficient (Wildman–Crippen LogP) is 3.51. The van der Waals surface area contributed by atoms with Gasteiger partial charge in [0.2, 0.25) is 5.88 Å². The third-order valence-corrected chi connectivity index (χ3v) is 5.19. The van der Waals surface area contributed by atoms with Crippen LogP contribution >= 0.6 is 11.3 Å². The van der Waals surface area contributed by atoms with Crippen LogP contribution in [0.4, 0.5) is 0 Å². The molecule has 0 aromatic carbocycles. The van der Waals surface area contributed by atoms with Crippen LogP contribution in [0.3, 0.4) is 0 Å². The molecule has 0 spiro atoms. The molecule has 114 valence electrons. The number of Topliss-reactive ketones (excluding diaryl/α,β-unsaturated/α-hetero) is 1. The van der Waals surface area contributed by atoms with Crippen molar-refractivity contribution in [2.45, 2.75) is 39.5 Å². The van der Waals surface area contributed by atoms with Crippen LogP contribution in [0.15, 0.2) is 34.9 Å². The molecule has 5 heteroatoms. The first kappa shape index (κ1) is 14.9. The number of aryl methyl sites for hydroxylation is 1. The molecule has 2 aliphatic rings. The molecule has 2 heterocycles. The smallest absolute Gasteiger partial charge is 0.205 e. The maximum Gasteiger partial charge on any atom is 0.205 e. The van der Waals surface area contributed by atoms with Crippen LogP contribution in [0.5, 0.6) is 0 Å². The number of nitrogens with two attached hydrogens (primary N) is 1. The lowest BCUT2D eigenvalue weighted by Crippen LogP contribution is -2.33. The number of nitriles is 1. The molecular formula is C17H18N2O2S. The number of thiophene rings is 1. The number of carbonyl (C=O) groups is 1. The molecule has 0 radical (unpaired) electrons. The summed E-state index contributed by atoms with van der Waals surface area (Å²) in [5, 5.41) is 9.48. The van der Waals surface area contributed by atoms with E-state index in [2.05, 4.69) is 6.07 Å². The second kappa shape index (κ2) is 4.99. The van der Waals surface area contributed by atoms with Crippen molar-refractivity contribution in [2.24, 2.45) is 11.1 Å². The van der Waals surface area contributed by atoms with Crippen LogP contribution in [-0.4, -0.2) is 5.78 Å². The number of rotatable bonds is 1. The average Bonchev–Trinajstić information content (AvgIpc) is 2.82. The molecule has 1 aliphatic heterocycles. The summed E-state index contributed by atoms with van der Waals surface area (Å²) in [7, 11) is 0. The van der Waals surface area contributed by atoms with E-state index in [1.807, 2.05) is 32.9 Å². The van der Waals surface area contributed by atoms with Crippen LogP contribution < -0.4 is 5.73 Å². The molecule has 0 amide bonds. The van der Waals surface area contributed by atoms with Crippen molar-refractivity contribution in [1.29, 1.82) is 5.26 Å². The Balaban J connectivity index is 2.17. The molecule has 0 fully saturated rings. The summed E-state index contributed by atoms with van der Waals surface area (Å²) in [5.74, 6) is 0.440. The lowest BCUT2D eigenvalue weighted by molar-refractivity contribution is -0.119. The highest BCUT2D eigenvalue weighted by atomic mass is 32.1. The van der Waals surface area contributed by atoms with Crippen molar-refractivity contribution in [3.05, 3.63) is 44.7 Å². The molecule has 0 bridgehead atoms. The van der Waals surface area contributed by atoms with Gasteiger partial charge in [-0.25, -0.2) is 0 Å². The maximum absolute atomic E-state index is 12.7. The minimum absolute atomic E-state index is 0.0579. The lowest BCUT2D eigenvalue weighted by atomic mass is 9.71. The van der Waals surface area contributed by atoms with Gasteiger partial charge >= 0.3 is 0 Å². The second-order valence-corrected chi connectivity index (χ2v) is 7.97. The van der Waals surface area contributed by atoms with E-state index in [-0.39, 0.29) is 23.0 Å². The molecule has 1 aliphatic carbocycles. The zero-order valence-corrected chi connectivity index (χ0v) is 13.7. The Morgan fingerprint density at radius 3 is 2.73 bits per heavy atom. The number of ether oxygens (including phenoxy) is 1. The number of nitrogens with zero attached hydrogens (tertiary/aromatic N) is 1. The number of carbonyl (C=O) groups excluding carboxylic acids is 1.